The lowest BCUT2D eigenvalue weighted by molar-refractivity contribution is -0.137. The van der Waals surface area contributed by atoms with Gasteiger partial charge in [-0.2, -0.15) is 13.2 Å². The van der Waals surface area contributed by atoms with Crippen LogP contribution in [0.5, 0.6) is 0 Å². The molecular weight excluding hydrogens is 361 g/mol. The highest BCUT2D eigenvalue weighted by Gasteiger charge is 2.44. The first-order valence-corrected chi connectivity index (χ1v) is 9.03. The average Bonchev–Trinajstić information content (AvgIpc) is 3.31. The second-order valence-corrected chi connectivity index (χ2v) is 7.48. The lowest BCUT2D eigenvalue weighted by Gasteiger charge is -2.07. The highest BCUT2D eigenvalue weighted by atomic mass is 32.1. The molecule has 0 bridgehead atoms. The van der Waals surface area contributed by atoms with Gasteiger partial charge in [-0.05, 0) is 42.2 Å². The summed E-state index contributed by atoms with van der Waals surface area (Å²) in [6.45, 7) is 0.369. The maximum atomic E-state index is 12.6. The molecule has 3 nitrogen and oxygen atoms in total. The van der Waals surface area contributed by atoms with Crippen molar-refractivity contribution in [3.63, 3.8) is 0 Å². The molecule has 1 aliphatic carbocycles. The van der Waals surface area contributed by atoms with E-state index in [0.29, 0.717) is 13.0 Å². The predicted molar refractivity (Wildman–Crippen MR) is 93.8 cm³/mol. The molecule has 2 unspecified atom stereocenters. The number of carbonyl (C=O) groups excluding carboxylic acids is 1. The maximum absolute atomic E-state index is 12.6. The van der Waals surface area contributed by atoms with E-state index >= 15 is 0 Å². The summed E-state index contributed by atoms with van der Waals surface area (Å²) in [7, 11) is 0. The van der Waals surface area contributed by atoms with Crippen molar-refractivity contribution in [2.75, 3.05) is 0 Å². The predicted octanol–water partition coefficient (Wildman–Crippen LogP) is 4.74. The van der Waals surface area contributed by atoms with Gasteiger partial charge < -0.3 is 5.32 Å². The number of rotatable bonds is 4. The number of fused-ring (bicyclic) bond motifs is 1. The highest BCUT2D eigenvalue weighted by molar-refractivity contribution is 7.18. The Balaban J connectivity index is 1.35. The molecule has 134 valence electrons. The summed E-state index contributed by atoms with van der Waals surface area (Å²) in [6.07, 6.45) is -3.67. The number of para-hydroxylation sites is 1. The summed E-state index contributed by atoms with van der Waals surface area (Å²) in [5.41, 5.74) is 1.02. The van der Waals surface area contributed by atoms with Crippen molar-refractivity contribution in [1.29, 1.82) is 0 Å². The second-order valence-electron chi connectivity index (χ2n) is 6.36. The molecule has 3 aromatic rings. The first-order valence-electron chi connectivity index (χ1n) is 8.21. The molecule has 1 aliphatic rings. The fraction of sp³-hybridized carbons (Fsp3) is 0.263. The van der Waals surface area contributed by atoms with Crippen LogP contribution in [0.3, 0.4) is 0 Å². The van der Waals surface area contributed by atoms with E-state index < -0.39 is 11.7 Å². The van der Waals surface area contributed by atoms with E-state index in [1.807, 2.05) is 24.3 Å². The van der Waals surface area contributed by atoms with E-state index in [2.05, 4.69) is 10.3 Å². The number of carbonyl (C=O) groups is 1. The summed E-state index contributed by atoms with van der Waals surface area (Å²) < 4.78 is 38.9. The topological polar surface area (TPSA) is 42.0 Å². The smallest absolute Gasteiger partial charge is 0.349 e. The van der Waals surface area contributed by atoms with Crippen LogP contribution in [0.25, 0.3) is 10.2 Å². The molecule has 4 rings (SSSR count). The minimum atomic E-state index is -4.34. The van der Waals surface area contributed by atoms with Gasteiger partial charge in [0.25, 0.3) is 0 Å². The number of thiazole rings is 1. The largest absolute Gasteiger partial charge is 0.416 e. The number of nitrogens with one attached hydrogen (secondary N) is 1. The van der Waals surface area contributed by atoms with Crippen LogP contribution in [-0.4, -0.2) is 10.9 Å². The average molecular weight is 376 g/mol. The molecular formula is C19H15F3N2OS. The Hall–Kier alpha value is -2.41. The molecule has 0 radical (unpaired) electrons. The molecule has 0 spiro atoms. The Labute approximate surface area is 151 Å². The summed E-state index contributed by atoms with van der Waals surface area (Å²) in [5, 5.41) is 3.73. The van der Waals surface area contributed by atoms with Gasteiger partial charge in [0.1, 0.15) is 5.01 Å². The lowest BCUT2D eigenvalue weighted by Crippen LogP contribution is -2.24. The molecule has 26 heavy (non-hydrogen) atoms. The first-order chi connectivity index (χ1) is 12.4. The van der Waals surface area contributed by atoms with Gasteiger partial charge >= 0.3 is 6.18 Å². The Bertz CT molecular complexity index is 916. The number of aromatic nitrogens is 1. The number of benzene rings is 2. The van der Waals surface area contributed by atoms with Crippen LogP contribution < -0.4 is 5.32 Å². The molecule has 7 heteroatoms. The third-order valence-corrected chi connectivity index (χ3v) is 5.58. The zero-order chi connectivity index (χ0) is 18.3. The number of hydrogen-bond acceptors (Lipinski definition) is 3. The van der Waals surface area contributed by atoms with Crippen LogP contribution in [0.15, 0.2) is 48.5 Å². The summed E-state index contributed by atoms with van der Waals surface area (Å²) in [4.78, 5) is 16.8. The fourth-order valence-corrected chi connectivity index (χ4v) is 3.97. The summed E-state index contributed by atoms with van der Waals surface area (Å²) >= 11 is 1.54. The van der Waals surface area contributed by atoms with Crippen molar-refractivity contribution in [2.45, 2.75) is 25.1 Å². The molecule has 2 atom stereocenters. The van der Waals surface area contributed by atoms with E-state index in [1.54, 1.807) is 11.3 Å². The number of nitrogens with zero attached hydrogens (tertiary/aromatic N) is 1. The van der Waals surface area contributed by atoms with Gasteiger partial charge in [0.2, 0.25) is 5.91 Å². The van der Waals surface area contributed by atoms with Crippen molar-refractivity contribution in [2.24, 2.45) is 5.92 Å². The van der Waals surface area contributed by atoms with Gasteiger partial charge in [0.15, 0.2) is 0 Å². The SMILES string of the molecule is O=C(NCc1nc2ccccc2s1)C1CC1c1ccc(C(F)(F)F)cc1. The molecule has 1 amide bonds. The molecule has 1 fully saturated rings. The Kier molecular flexibility index (Phi) is 4.19. The number of hydrogen-bond donors (Lipinski definition) is 1. The van der Waals surface area contributed by atoms with E-state index in [0.717, 1.165) is 32.9 Å². The van der Waals surface area contributed by atoms with Crippen molar-refractivity contribution >= 4 is 27.5 Å². The van der Waals surface area contributed by atoms with E-state index in [-0.39, 0.29) is 17.7 Å². The molecule has 2 aromatic carbocycles. The summed E-state index contributed by atoms with van der Waals surface area (Å²) in [6, 6.07) is 12.9. The Morgan fingerprint density at radius 1 is 1.15 bits per heavy atom. The lowest BCUT2D eigenvalue weighted by atomic mass is 10.1. The van der Waals surface area contributed by atoms with Crippen LogP contribution in [0.4, 0.5) is 13.2 Å². The van der Waals surface area contributed by atoms with Gasteiger partial charge in [-0.3, -0.25) is 4.79 Å². The fourth-order valence-electron chi connectivity index (χ4n) is 3.06. The van der Waals surface area contributed by atoms with Gasteiger partial charge in [-0.1, -0.05) is 24.3 Å². The normalized spacial score (nSPS) is 19.5. The third kappa shape index (κ3) is 3.44. The van der Waals surface area contributed by atoms with Crippen molar-refractivity contribution in [3.05, 3.63) is 64.7 Å². The van der Waals surface area contributed by atoms with Crippen molar-refractivity contribution in [3.8, 4) is 0 Å². The molecule has 0 aliphatic heterocycles. The monoisotopic (exact) mass is 376 g/mol. The Morgan fingerprint density at radius 3 is 2.58 bits per heavy atom. The number of halogens is 3. The van der Waals surface area contributed by atoms with Gasteiger partial charge in [-0.15, -0.1) is 11.3 Å². The quantitative estimate of drug-likeness (QED) is 0.715. The maximum Gasteiger partial charge on any atom is 0.416 e. The van der Waals surface area contributed by atoms with E-state index in [1.165, 1.54) is 12.1 Å². The first kappa shape index (κ1) is 17.0. The van der Waals surface area contributed by atoms with E-state index in [4.69, 9.17) is 0 Å². The second kappa shape index (κ2) is 6.39. The van der Waals surface area contributed by atoms with Gasteiger partial charge in [0, 0.05) is 5.92 Å². The third-order valence-electron chi connectivity index (χ3n) is 4.55. The number of alkyl halides is 3. The standard InChI is InChI=1S/C19H15F3N2OS/c20-19(21,22)12-7-5-11(6-8-12)13-9-14(13)18(25)23-10-17-24-15-3-1-2-4-16(15)26-17/h1-8,13-14H,9-10H2,(H,23,25). The van der Waals surface area contributed by atoms with E-state index in [9.17, 15) is 18.0 Å². The van der Waals surface area contributed by atoms with Crippen LogP contribution >= 0.6 is 11.3 Å². The molecule has 1 heterocycles. The van der Waals surface area contributed by atoms with Crippen molar-refractivity contribution < 1.29 is 18.0 Å². The number of amides is 1. The molecule has 1 aromatic heterocycles. The minimum absolute atomic E-state index is 0.00680. The zero-order valence-electron chi connectivity index (χ0n) is 13.6. The minimum Gasteiger partial charge on any atom is -0.349 e. The molecule has 1 N–H and O–H groups in total. The van der Waals surface area contributed by atoms with Crippen LogP contribution in [0.2, 0.25) is 0 Å². The Morgan fingerprint density at radius 2 is 1.88 bits per heavy atom. The van der Waals surface area contributed by atoms with Crippen molar-refractivity contribution in [1.82, 2.24) is 10.3 Å². The van der Waals surface area contributed by atoms with Crippen LogP contribution in [-0.2, 0) is 17.5 Å². The summed E-state index contributed by atoms with van der Waals surface area (Å²) in [5.74, 6) is -0.261. The highest BCUT2D eigenvalue weighted by Crippen LogP contribution is 2.48. The zero-order valence-corrected chi connectivity index (χ0v) is 14.4. The molecule has 1 saturated carbocycles. The van der Waals surface area contributed by atoms with Gasteiger partial charge in [0.05, 0.1) is 22.3 Å². The van der Waals surface area contributed by atoms with Gasteiger partial charge in [-0.25, -0.2) is 4.98 Å². The van der Waals surface area contributed by atoms with Crippen LogP contribution in [0.1, 0.15) is 28.5 Å². The van der Waals surface area contributed by atoms with Crippen LogP contribution in [0, 0.1) is 5.92 Å². The molecule has 0 saturated heterocycles.